The Hall–Kier alpha value is -2.05. The highest BCUT2D eigenvalue weighted by Gasteiger charge is 2.11. The van der Waals surface area contributed by atoms with Crippen molar-refractivity contribution in [3.63, 3.8) is 0 Å². The molecule has 1 aromatic heterocycles. The van der Waals surface area contributed by atoms with Gasteiger partial charge in [-0.2, -0.15) is 0 Å². The van der Waals surface area contributed by atoms with E-state index in [0.717, 1.165) is 29.5 Å². The van der Waals surface area contributed by atoms with E-state index in [1.54, 1.807) is 19.4 Å². The lowest BCUT2D eigenvalue weighted by Crippen LogP contribution is -2.17. The average Bonchev–Trinajstić information content (AvgIpc) is 2.64. The quantitative estimate of drug-likeness (QED) is 0.451. The standard InChI is InChI=1S/C19H23BrN2O3/c1-3-10-25-19-16(20)12-15(13-17(19)23-2)14-21-8-6-11-24-18-7-4-5-9-22-18/h3-5,7,9,12-13,21H,1,6,8,10-11,14H2,2H3. The normalized spacial score (nSPS) is 10.3. The fraction of sp³-hybridized carbons (Fsp3) is 0.316. The van der Waals surface area contributed by atoms with Crippen molar-refractivity contribution in [2.75, 3.05) is 26.9 Å². The lowest BCUT2D eigenvalue weighted by Gasteiger charge is -2.14. The third-order valence-electron chi connectivity index (χ3n) is 3.35. The summed E-state index contributed by atoms with van der Waals surface area (Å²) in [6.07, 6.45) is 4.32. The molecule has 2 aromatic rings. The van der Waals surface area contributed by atoms with Crippen molar-refractivity contribution in [2.45, 2.75) is 13.0 Å². The van der Waals surface area contributed by atoms with Gasteiger partial charge >= 0.3 is 0 Å². The van der Waals surface area contributed by atoms with Gasteiger partial charge in [0.25, 0.3) is 0 Å². The number of benzene rings is 1. The second-order valence-corrected chi connectivity index (χ2v) is 6.11. The molecule has 0 aliphatic rings. The van der Waals surface area contributed by atoms with Gasteiger partial charge in [0.05, 0.1) is 18.2 Å². The van der Waals surface area contributed by atoms with Crippen molar-refractivity contribution in [3.05, 3.63) is 59.2 Å². The van der Waals surface area contributed by atoms with Gasteiger partial charge in [0.2, 0.25) is 5.88 Å². The van der Waals surface area contributed by atoms with Crippen LogP contribution < -0.4 is 19.5 Å². The maximum Gasteiger partial charge on any atom is 0.213 e. The minimum Gasteiger partial charge on any atom is -0.493 e. The van der Waals surface area contributed by atoms with Gasteiger partial charge in [0.15, 0.2) is 11.5 Å². The molecule has 1 heterocycles. The maximum absolute atomic E-state index is 5.63. The van der Waals surface area contributed by atoms with E-state index in [-0.39, 0.29) is 0 Å². The van der Waals surface area contributed by atoms with Gasteiger partial charge in [-0.15, -0.1) is 0 Å². The van der Waals surface area contributed by atoms with Crippen LogP contribution in [-0.2, 0) is 6.54 Å². The second kappa shape index (κ2) is 10.7. The van der Waals surface area contributed by atoms with E-state index in [9.17, 15) is 0 Å². The topological polar surface area (TPSA) is 52.6 Å². The number of methoxy groups -OCH3 is 1. The Bertz CT molecular complexity index is 665. The number of halogens is 1. The molecule has 1 aromatic carbocycles. The number of ether oxygens (including phenoxy) is 3. The van der Waals surface area contributed by atoms with Crippen molar-refractivity contribution < 1.29 is 14.2 Å². The summed E-state index contributed by atoms with van der Waals surface area (Å²) in [7, 11) is 1.63. The fourth-order valence-electron chi connectivity index (χ4n) is 2.20. The van der Waals surface area contributed by atoms with Gasteiger partial charge in [-0.3, -0.25) is 0 Å². The molecule has 0 fully saturated rings. The fourth-order valence-corrected chi connectivity index (χ4v) is 2.80. The molecule has 0 amide bonds. The van der Waals surface area contributed by atoms with E-state index in [2.05, 4.69) is 32.8 Å². The van der Waals surface area contributed by atoms with Gasteiger partial charge in [-0.05, 0) is 52.7 Å². The summed E-state index contributed by atoms with van der Waals surface area (Å²) in [6.45, 7) is 6.31. The highest BCUT2D eigenvalue weighted by atomic mass is 79.9. The molecule has 0 aliphatic carbocycles. The predicted molar refractivity (Wildman–Crippen MR) is 102 cm³/mol. The lowest BCUT2D eigenvalue weighted by atomic mass is 10.2. The first-order valence-corrected chi connectivity index (χ1v) is 8.88. The highest BCUT2D eigenvalue weighted by molar-refractivity contribution is 9.10. The van der Waals surface area contributed by atoms with Crippen LogP contribution in [0.15, 0.2) is 53.7 Å². The first-order valence-electron chi connectivity index (χ1n) is 8.09. The van der Waals surface area contributed by atoms with Gasteiger partial charge < -0.3 is 19.5 Å². The summed E-state index contributed by atoms with van der Waals surface area (Å²) in [5, 5.41) is 3.40. The number of aromatic nitrogens is 1. The second-order valence-electron chi connectivity index (χ2n) is 5.26. The van der Waals surface area contributed by atoms with Gasteiger partial charge in [0.1, 0.15) is 6.61 Å². The monoisotopic (exact) mass is 406 g/mol. The maximum atomic E-state index is 5.63. The SMILES string of the molecule is C=CCOc1c(Br)cc(CNCCCOc2ccccn2)cc1OC. The van der Waals surface area contributed by atoms with E-state index in [0.29, 0.717) is 30.6 Å². The zero-order valence-electron chi connectivity index (χ0n) is 14.3. The Morgan fingerprint density at radius 3 is 2.88 bits per heavy atom. The average molecular weight is 407 g/mol. The largest absolute Gasteiger partial charge is 0.493 e. The molecule has 134 valence electrons. The summed E-state index contributed by atoms with van der Waals surface area (Å²) in [5.41, 5.74) is 1.11. The van der Waals surface area contributed by atoms with Gasteiger partial charge in [0, 0.05) is 18.8 Å². The molecular formula is C19H23BrN2O3. The Morgan fingerprint density at radius 1 is 1.28 bits per heavy atom. The third kappa shape index (κ3) is 6.40. The molecule has 0 saturated heterocycles. The molecule has 25 heavy (non-hydrogen) atoms. The number of pyridine rings is 1. The Morgan fingerprint density at radius 2 is 2.16 bits per heavy atom. The Balaban J connectivity index is 1.76. The summed E-state index contributed by atoms with van der Waals surface area (Å²) in [5.74, 6) is 2.05. The Labute approximate surface area is 157 Å². The van der Waals surface area contributed by atoms with Crippen molar-refractivity contribution in [1.29, 1.82) is 0 Å². The van der Waals surface area contributed by atoms with Crippen LogP contribution in [0.2, 0.25) is 0 Å². The zero-order chi connectivity index (χ0) is 17.9. The molecule has 1 N–H and O–H groups in total. The summed E-state index contributed by atoms with van der Waals surface area (Å²) in [4.78, 5) is 4.12. The molecule has 0 bridgehead atoms. The summed E-state index contributed by atoms with van der Waals surface area (Å²) < 4.78 is 17.5. The van der Waals surface area contributed by atoms with Crippen molar-refractivity contribution in [2.24, 2.45) is 0 Å². The van der Waals surface area contributed by atoms with E-state index < -0.39 is 0 Å². The first kappa shape index (κ1) is 19.3. The molecule has 0 spiro atoms. The first-order chi connectivity index (χ1) is 12.2. The van der Waals surface area contributed by atoms with E-state index in [1.165, 1.54) is 0 Å². The van der Waals surface area contributed by atoms with Crippen LogP contribution in [0.1, 0.15) is 12.0 Å². The van der Waals surface area contributed by atoms with Crippen molar-refractivity contribution in [3.8, 4) is 17.4 Å². The van der Waals surface area contributed by atoms with Crippen molar-refractivity contribution in [1.82, 2.24) is 10.3 Å². The lowest BCUT2D eigenvalue weighted by molar-refractivity contribution is 0.296. The van der Waals surface area contributed by atoms with Crippen LogP contribution in [0, 0.1) is 0 Å². The van der Waals surface area contributed by atoms with Crippen LogP contribution >= 0.6 is 15.9 Å². The van der Waals surface area contributed by atoms with Crippen LogP contribution in [0.25, 0.3) is 0 Å². The summed E-state index contributed by atoms with van der Waals surface area (Å²) >= 11 is 3.53. The predicted octanol–water partition coefficient (Wildman–Crippen LogP) is 3.98. The van der Waals surface area contributed by atoms with E-state index in [1.807, 2.05) is 30.3 Å². The molecular weight excluding hydrogens is 384 g/mol. The molecule has 5 nitrogen and oxygen atoms in total. The third-order valence-corrected chi connectivity index (χ3v) is 3.94. The minimum absolute atomic E-state index is 0.433. The Kier molecular flexibility index (Phi) is 8.28. The zero-order valence-corrected chi connectivity index (χ0v) is 15.9. The van der Waals surface area contributed by atoms with E-state index in [4.69, 9.17) is 14.2 Å². The molecule has 2 rings (SSSR count). The number of hydrogen-bond donors (Lipinski definition) is 1. The molecule has 0 radical (unpaired) electrons. The van der Waals surface area contributed by atoms with Gasteiger partial charge in [-0.1, -0.05) is 18.7 Å². The summed E-state index contributed by atoms with van der Waals surface area (Å²) in [6, 6.07) is 9.63. The van der Waals surface area contributed by atoms with Crippen LogP contribution in [-0.4, -0.2) is 31.9 Å². The van der Waals surface area contributed by atoms with Crippen molar-refractivity contribution >= 4 is 15.9 Å². The number of rotatable bonds is 11. The molecule has 0 unspecified atom stereocenters. The van der Waals surface area contributed by atoms with Crippen LogP contribution in [0.5, 0.6) is 17.4 Å². The highest BCUT2D eigenvalue weighted by Crippen LogP contribution is 2.36. The smallest absolute Gasteiger partial charge is 0.213 e. The number of nitrogens with zero attached hydrogens (tertiary/aromatic N) is 1. The number of hydrogen-bond acceptors (Lipinski definition) is 5. The molecule has 0 saturated carbocycles. The number of nitrogens with one attached hydrogen (secondary N) is 1. The molecule has 6 heteroatoms. The van der Waals surface area contributed by atoms with Crippen LogP contribution in [0.4, 0.5) is 0 Å². The van der Waals surface area contributed by atoms with Gasteiger partial charge in [-0.25, -0.2) is 4.98 Å². The van der Waals surface area contributed by atoms with Crippen LogP contribution in [0.3, 0.4) is 0 Å². The van der Waals surface area contributed by atoms with E-state index >= 15 is 0 Å². The molecule has 0 atom stereocenters. The molecule has 0 aliphatic heterocycles. The minimum atomic E-state index is 0.433.